The number of Topliss-reactive ketones (excluding diaryl/α,β-unsaturated/α-hetero) is 1. The van der Waals surface area contributed by atoms with Crippen LogP contribution >= 0.6 is 0 Å². The Morgan fingerprint density at radius 1 is 1.09 bits per heavy atom. The van der Waals surface area contributed by atoms with Crippen LogP contribution in [0.5, 0.6) is 0 Å². The van der Waals surface area contributed by atoms with Gasteiger partial charge in [-0.15, -0.1) is 0 Å². The number of furan rings is 1. The summed E-state index contributed by atoms with van der Waals surface area (Å²) in [5.41, 5.74) is -0.529. The highest BCUT2D eigenvalue weighted by atomic mass is 16.5. The average molecular weight is 451 g/mol. The van der Waals surface area contributed by atoms with Gasteiger partial charge in [0.2, 0.25) is 0 Å². The molecule has 1 unspecified atom stereocenters. The van der Waals surface area contributed by atoms with Crippen molar-refractivity contribution in [2.45, 2.75) is 90.6 Å². The SMILES string of the molecule is Cc1ccc(C2(C(=O)O[C@@H]3C[C@H](C)CC[C@H]3C(C)(C)c3ccccc3)CC(C)(C)CC2=O)o1. The van der Waals surface area contributed by atoms with E-state index in [-0.39, 0.29) is 28.6 Å². The normalized spacial score (nSPS) is 29.8. The zero-order chi connectivity index (χ0) is 24.0. The minimum Gasteiger partial charge on any atom is -0.465 e. The molecule has 2 fully saturated rings. The van der Waals surface area contributed by atoms with Crippen molar-refractivity contribution in [3.05, 3.63) is 59.5 Å². The molecular weight excluding hydrogens is 412 g/mol. The molecule has 4 heteroatoms. The molecule has 4 rings (SSSR count). The number of benzene rings is 1. The number of aryl methyl sites for hydroxylation is 1. The van der Waals surface area contributed by atoms with E-state index in [9.17, 15) is 9.59 Å². The Bertz CT molecular complexity index is 1020. The largest absolute Gasteiger partial charge is 0.465 e. The summed E-state index contributed by atoms with van der Waals surface area (Å²) in [6.07, 6.45) is 3.45. The molecule has 0 aliphatic heterocycles. The summed E-state index contributed by atoms with van der Waals surface area (Å²) in [5, 5.41) is 0. The van der Waals surface area contributed by atoms with Crippen LogP contribution in [-0.4, -0.2) is 17.9 Å². The molecular formula is C29H38O4. The van der Waals surface area contributed by atoms with Crippen LogP contribution in [0.25, 0.3) is 0 Å². The first-order chi connectivity index (χ1) is 15.5. The van der Waals surface area contributed by atoms with E-state index in [0.717, 1.165) is 19.3 Å². The van der Waals surface area contributed by atoms with Gasteiger partial charge in [-0.25, -0.2) is 0 Å². The highest BCUT2D eigenvalue weighted by Gasteiger charge is 2.60. The first-order valence-electron chi connectivity index (χ1n) is 12.3. The monoisotopic (exact) mass is 450 g/mol. The van der Waals surface area contributed by atoms with Crippen molar-refractivity contribution >= 4 is 11.8 Å². The van der Waals surface area contributed by atoms with Crippen LogP contribution in [0.2, 0.25) is 0 Å². The van der Waals surface area contributed by atoms with Crippen LogP contribution in [0.1, 0.15) is 83.8 Å². The zero-order valence-electron chi connectivity index (χ0n) is 20.9. The van der Waals surface area contributed by atoms with Crippen LogP contribution < -0.4 is 0 Å². The molecule has 2 aromatic rings. The fourth-order valence-electron chi connectivity index (χ4n) is 6.24. The lowest BCUT2D eigenvalue weighted by atomic mass is 9.64. The maximum absolute atomic E-state index is 14.0. The summed E-state index contributed by atoms with van der Waals surface area (Å²) >= 11 is 0. The Labute approximate surface area is 198 Å². The van der Waals surface area contributed by atoms with Crippen LogP contribution in [0.15, 0.2) is 46.9 Å². The second-order valence-electron chi connectivity index (χ2n) is 11.8. The molecule has 0 N–H and O–H groups in total. The fraction of sp³-hybridized carbons (Fsp3) is 0.586. The van der Waals surface area contributed by atoms with E-state index in [1.807, 2.05) is 32.9 Å². The lowest BCUT2D eigenvalue weighted by Crippen LogP contribution is -2.48. The Balaban J connectivity index is 1.68. The van der Waals surface area contributed by atoms with Gasteiger partial charge in [-0.1, -0.05) is 71.4 Å². The molecule has 0 amide bonds. The van der Waals surface area contributed by atoms with Gasteiger partial charge in [-0.05, 0) is 60.6 Å². The molecule has 2 aliphatic carbocycles. The molecule has 1 aromatic carbocycles. The van der Waals surface area contributed by atoms with Gasteiger partial charge in [-0.2, -0.15) is 0 Å². The number of hydrogen-bond acceptors (Lipinski definition) is 4. The highest BCUT2D eigenvalue weighted by Crippen LogP contribution is 2.51. The van der Waals surface area contributed by atoms with Gasteiger partial charge in [0.25, 0.3) is 0 Å². The van der Waals surface area contributed by atoms with Crippen molar-refractivity contribution in [2.75, 3.05) is 0 Å². The Hall–Kier alpha value is -2.36. The van der Waals surface area contributed by atoms with Crippen LogP contribution in [0.3, 0.4) is 0 Å². The van der Waals surface area contributed by atoms with Crippen molar-refractivity contribution in [1.82, 2.24) is 0 Å². The number of carbonyl (C=O) groups excluding carboxylic acids is 2. The quantitative estimate of drug-likeness (QED) is 0.383. The van der Waals surface area contributed by atoms with Crippen LogP contribution in [0, 0.1) is 24.2 Å². The molecule has 0 spiro atoms. The number of hydrogen-bond donors (Lipinski definition) is 0. The average Bonchev–Trinajstić information content (AvgIpc) is 3.28. The summed E-state index contributed by atoms with van der Waals surface area (Å²) in [5.74, 6) is 1.27. The maximum Gasteiger partial charge on any atom is 0.327 e. The number of esters is 1. The van der Waals surface area contributed by atoms with Gasteiger partial charge in [-0.3, -0.25) is 9.59 Å². The van der Waals surface area contributed by atoms with Crippen molar-refractivity contribution in [3.8, 4) is 0 Å². The Kier molecular flexibility index (Phi) is 6.09. The number of rotatable bonds is 5. The molecule has 1 heterocycles. The third kappa shape index (κ3) is 4.29. The fourth-order valence-corrected chi connectivity index (χ4v) is 6.24. The molecule has 33 heavy (non-hydrogen) atoms. The first-order valence-corrected chi connectivity index (χ1v) is 12.3. The number of ketones is 1. The summed E-state index contributed by atoms with van der Waals surface area (Å²) in [6.45, 7) is 12.6. The van der Waals surface area contributed by atoms with E-state index >= 15 is 0 Å². The second-order valence-corrected chi connectivity index (χ2v) is 11.8. The van der Waals surface area contributed by atoms with Gasteiger partial charge < -0.3 is 9.15 Å². The summed E-state index contributed by atoms with van der Waals surface area (Å²) in [6, 6.07) is 14.1. The lowest BCUT2D eigenvalue weighted by molar-refractivity contribution is -0.166. The van der Waals surface area contributed by atoms with Crippen molar-refractivity contribution in [1.29, 1.82) is 0 Å². The smallest absolute Gasteiger partial charge is 0.327 e. The number of carbonyl (C=O) groups is 2. The predicted molar refractivity (Wildman–Crippen MR) is 129 cm³/mol. The van der Waals surface area contributed by atoms with Gasteiger partial charge >= 0.3 is 5.97 Å². The first kappa shape index (κ1) is 23.8. The molecule has 2 saturated carbocycles. The summed E-state index contributed by atoms with van der Waals surface area (Å²) in [4.78, 5) is 27.4. The molecule has 2 aliphatic rings. The minimum atomic E-state index is -1.35. The molecule has 0 bridgehead atoms. The minimum absolute atomic E-state index is 0.0884. The van der Waals surface area contributed by atoms with Crippen molar-refractivity contribution < 1.29 is 18.7 Å². The van der Waals surface area contributed by atoms with Crippen molar-refractivity contribution in [3.63, 3.8) is 0 Å². The topological polar surface area (TPSA) is 56.5 Å². The van der Waals surface area contributed by atoms with Crippen LogP contribution in [0.4, 0.5) is 0 Å². The third-order valence-corrected chi connectivity index (χ3v) is 8.13. The highest BCUT2D eigenvalue weighted by molar-refractivity contribution is 6.11. The van der Waals surface area contributed by atoms with E-state index in [0.29, 0.717) is 30.3 Å². The second kappa shape index (κ2) is 8.45. The third-order valence-electron chi connectivity index (χ3n) is 8.13. The number of ether oxygens (including phenoxy) is 1. The van der Waals surface area contributed by atoms with E-state index in [1.54, 1.807) is 6.07 Å². The molecule has 4 atom stereocenters. The van der Waals surface area contributed by atoms with Gasteiger partial charge in [0.05, 0.1) is 0 Å². The maximum atomic E-state index is 14.0. The van der Waals surface area contributed by atoms with Crippen LogP contribution in [-0.2, 0) is 25.2 Å². The molecule has 0 radical (unpaired) electrons. The van der Waals surface area contributed by atoms with Crippen molar-refractivity contribution in [2.24, 2.45) is 17.3 Å². The molecule has 178 valence electrons. The zero-order valence-corrected chi connectivity index (χ0v) is 20.9. The standard InChI is InChI=1S/C29H38O4/c1-19-12-14-22(28(5,6)21-10-8-7-9-11-21)23(16-19)33-26(31)29(25-15-13-20(2)32-25)18-27(3,4)17-24(29)30/h7-11,13,15,19,22-23H,12,14,16-18H2,1-6H3/t19-,22-,23-,29?/m1/s1. The molecule has 4 nitrogen and oxygen atoms in total. The van der Waals surface area contributed by atoms with E-state index in [4.69, 9.17) is 9.15 Å². The van der Waals surface area contributed by atoms with E-state index < -0.39 is 11.4 Å². The lowest BCUT2D eigenvalue weighted by Gasteiger charge is -2.44. The van der Waals surface area contributed by atoms with Gasteiger partial charge in [0.1, 0.15) is 17.6 Å². The van der Waals surface area contributed by atoms with Gasteiger partial charge in [0, 0.05) is 12.3 Å². The Morgan fingerprint density at radius 3 is 2.36 bits per heavy atom. The van der Waals surface area contributed by atoms with E-state index in [1.165, 1.54) is 5.56 Å². The Morgan fingerprint density at radius 2 is 1.79 bits per heavy atom. The molecule has 0 saturated heterocycles. The summed E-state index contributed by atoms with van der Waals surface area (Å²) < 4.78 is 12.3. The van der Waals surface area contributed by atoms with Gasteiger partial charge in [0.15, 0.2) is 11.2 Å². The summed E-state index contributed by atoms with van der Waals surface area (Å²) in [7, 11) is 0. The van der Waals surface area contributed by atoms with E-state index in [2.05, 4.69) is 45.0 Å². The predicted octanol–water partition coefficient (Wildman–Crippen LogP) is 6.54. The molecule has 1 aromatic heterocycles.